The van der Waals surface area contributed by atoms with Crippen molar-refractivity contribution in [3.05, 3.63) is 0 Å². The zero-order chi connectivity index (χ0) is 18.6. The van der Waals surface area contributed by atoms with Crippen molar-refractivity contribution in [1.82, 2.24) is 5.32 Å². The fourth-order valence-corrected chi connectivity index (χ4v) is 2.79. The van der Waals surface area contributed by atoms with E-state index in [9.17, 15) is 9.59 Å². The molecule has 0 atom stereocenters. The Morgan fingerprint density at radius 1 is 0.760 bits per heavy atom. The van der Waals surface area contributed by atoms with Gasteiger partial charge in [-0.1, -0.05) is 77.6 Å². The largest absolute Gasteiger partial charge is 0.466 e. The summed E-state index contributed by atoms with van der Waals surface area (Å²) < 4.78 is 5.24. The standard InChI is InChI=1S/C20H39NO4/c1-2-3-4-5-6-7-8-9-12-15-18-25-19(22)16-13-10-11-14-17-21-20(23)24/h21H,2-18H2,1H3,(H,23,24). The fraction of sp³-hybridized carbons (Fsp3) is 0.900. The predicted octanol–water partition coefficient (Wildman–Crippen LogP) is 5.67. The molecule has 0 aliphatic carbocycles. The number of rotatable bonds is 18. The lowest BCUT2D eigenvalue weighted by atomic mass is 10.1. The molecule has 1 amide bonds. The van der Waals surface area contributed by atoms with Gasteiger partial charge in [0.15, 0.2) is 0 Å². The summed E-state index contributed by atoms with van der Waals surface area (Å²) in [4.78, 5) is 21.8. The highest BCUT2D eigenvalue weighted by Gasteiger charge is 2.02. The maximum absolute atomic E-state index is 11.6. The summed E-state index contributed by atoms with van der Waals surface area (Å²) in [5.41, 5.74) is 0. The molecule has 0 bridgehead atoms. The Morgan fingerprint density at radius 3 is 1.88 bits per heavy atom. The molecule has 0 saturated heterocycles. The van der Waals surface area contributed by atoms with Gasteiger partial charge < -0.3 is 15.2 Å². The summed E-state index contributed by atoms with van der Waals surface area (Å²) in [6, 6.07) is 0. The van der Waals surface area contributed by atoms with Crippen LogP contribution in [0.1, 0.15) is 103 Å². The van der Waals surface area contributed by atoms with Gasteiger partial charge in [-0.05, 0) is 19.3 Å². The number of amides is 1. The van der Waals surface area contributed by atoms with Crippen LogP contribution in [0, 0.1) is 0 Å². The molecular weight excluding hydrogens is 318 g/mol. The minimum Gasteiger partial charge on any atom is -0.466 e. The quantitative estimate of drug-likeness (QED) is 0.245. The van der Waals surface area contributed by atoms with E-state index in [1.165, 1.54) is 51.4 Å². The lowest BCUT2D eigenvalue weighted by Crippen LogP contribution is -2.21. The molecule has 0 spiro atoms. The Labute approximate surface area is 153 Å². The molecular formula is C20H39NO4. The molecule has 0 saturated carbocycles. The summed E-state index contributed by atoms with van der Waals surface area (Å²) >= 11 is 0. The first-order valence-corrected chi connectivity index (χ1v) is 10.3. The van der Waals surface area contributed by atoms with Crippen molar-refractivity contribution < 1.29 is 19.4 Å². The van der Waals surface area contributed by atoms with Gasteiger partial charge >= 0.3 is 12.1 Å². The summed E-state index contributed by atoms with van der Waals surface area (Å²) in [5, 5.41) is 10.8. The maximum atomic E-state index is 11.6. The third-order valence-electron chi connectivity index (χ3n) is 4.34. The van der Waals surface area contributed by atoms with Crippen LogP contribution in [0.2, 0.25) is 0 Å². The first kappa shape index (κ1) is 23.7. The number of carbonyl (C=O) groups is 2. The van der Waals surface area contributed by atoms with Crippen molar-refractivity contribution in [2.45, 2.75) is 103 Å². The van der Waals surface area contributed by atoms with Crippen LogP contribution in [0.15, 0.2) is 0 Å². The molecule has 0 fully saturated rings. The normalized spacial score (nSPS) is 10.6. The van der Waals surface area contributed by atoms with Crippen LogP contribution in [-0.4, -0.2) is 30.3 Å². The van der Waals surface area contributed by atoms with E-state index in [1.807, 2.05) is 0 Å². The van der Waals surface area contributed by atoms with Crippen LogP contribution in [0.4, 0.5) is 4.79 Å². The summed E-state index contributed by atoms with van der Waals surface area (Å²) in [6.45, 7) is 3.28. The smallest absolute Gasteiger partial charge is 0.404 e. The number of esters is 1. The average molecular weight is 358 g/mol. The maximum Gasteiger partial charge on any atom is 0.404 e. The van der Waals surface area contributed by atoms with Crippen molar-refractivity contribution in [1.29, 1.82) is 0 Å². The van der Waals surface area contributed by atoms with E-state index in [1.54, 1.807) is 0 Å². The van der Waals surface area contributed by atoms with E-state index >= 15 is 0 Å². The Hall–Kier alpha value is -1.26. The van der Waals surface area contributed by atoms with Gasteiger partial charge in [0.1, 0.15) is 0 Å². The Balaban J connectivity index is 3.16. The molecule has 2 N–H and O–H groups in total. The number of hydrogen-bond acceptors (Lipinski definition) is 3. The first-order chi connectivity index (χ1) is 12.2. The number of carboxylic acid groups (broad SMARTS) is 1. The van der Waals surface area contributed by atoms with Crippen LogP contribution in [-0.2, 0) is 9.53 Å². The molecule has 25 heavy (non-hydrogen) atoms. The minimum absolute atomic E-state index is 0.0976. The number of unbranched alkanes of at least 4 members (excludes halogenated alkanes) is 12. The third kappa shape index (κ3) is 20.7. The highest BCUT2D eigenvalue weighted by atomic mass is 16.5. The zero-order valence-corrected chi connectivity index (χ0v) is 16.2. The van der Waals surface area contributed by atoms with Crippen molar-refractivity contribution in [2.75, 3.05) is 13.2 Å². The van der Waals surface area contributed by atoms with Gasteiger partial charge in [0.2, 0.25) is 0 Å². The van der Waals surface area contributed by atoms with Gasteiger partial charge in [0.25, 0.3) is 0 Å². The van der Waals surface area contributed by atoms with Crippen LogP contribution >= 0.6 is 0 Å². The van der Waals surface area contributed by atoms with Crippen molar-refractivity contribution in [2.24, 2.45) is 0 Å². The van der Waals surface area contributed by atoms with Crippen molar-refractivity contribution in [3.63, 3.8) is 0 Å². The average Bonchev–Trinajstić information content (AvgIpc) is 2.58. The Kier molecular flexibility index (Phi) is 18.1. The number of hydrogen-bond donors (Lipinski definition) is 2. The van der Waals surface area contributed by atoms with Crippen LogP contribution in [0.3, 0.4) is 0 Å². The molecule has 0 radical (unpaired) electrons. The summed E-state index contributed by atoms with van der Waals surface area (Å²) in [5.74, 6) is -0.0976. The topological polar surface area (TPSA) is 75.6 Å². The van der Waals surface area contributed by atoms with Gasteiger partial charge in [-0.3, -0.25) is 4.79 Å². The van der Waals surface area contributed by atoms with Crippen LogP contribution in [0.25, 0.3) is 0 Å². The number of nitrogens with one attached hydrogen (secondary N) is 1. The molecule has 0 rings (SSSR count). The second-order valence-corrected chi connectivity index (χ2v) is 6.80. The second kappa shape index (κ2) is 19.1. The molecule has 0 aromatic heterocycles. The monoisotopic (exact) mass is 357 g/mol. The molecule has 0 aliphatic rings. The van der Waals surface area contributed by atoms with E-state index in [0.717, 1.165) is 38.5 Å². The molecule has 0 aromatic carbocycles. The van der Waals surface area contributed by atoms with Crippen LogP contribution < -0.4 is 5.32 Å². The molecule has 0 heterocycles. The number of ether oxygens (including phenoxy) is 1. The lowest BCUT2D eigenvalue weighted by molar-refractivity contribution is -0.143. The first-order valence-electron chi connectivity index (χ1n) is 10.3. The Morgan fingerprint density at radius 2 is 1.28 bits per heavy atom. The molecule has 148 valence electrons. The Bertz CT molecular complexity index is 321. The lowest BCUT2D eigenvalue weighted by Gasteiger charge is -2.05. The van der Waals surface area contributed by atoms with E-state index in [-0.39, 0.29) is 5.97 Å². The highest BCUT2D eigenvalue weighted by Crippen LogP contribution is 2.10. The van der Waals surface area contributed by atoms with Gasteiger partial charge in [-0.15, -0.1) is 0 Å². The molecule has 5 nitrogen and oxygen atoms in total. The van der Waals surface area contributed by atoms with Gasteiger partial charge in [-0.2, -0.15) is 0 Å². The minimum atomic E-state index is -0.976. The van der Waals surface area contributed by atoms with E-state index in [4.69, 9.17) is 9.84 Å². The number of carbonyl (C=O) groups excluding carboxylic acids is 1. The van der Waals surface area contributed by atoms with Gasteiger partial charge in [-0.25, -0.2) is 4.79 Å². The van der Waals surface area contributed by atoms with E-state index < -0.39 is 6.09 Å². The SMILES string of the molecule is CCCCCCCCCCCCOC(=O)CCCCCCNC(=O)O. The molecule has 5 heteroatoms. The fourth-order valence-electron chi connectivity index (χ4n) is 2.79. The molecule has 0 aromatic rings. The van der Waals surface area contributed by atoms with Gasteiger partial charge in [0, 0.05) is 13.0 Å². The summed E-state index contributed by atoms with van der Waals surface area (Å²) in [7, 11) is 0. The third-order valence-corrected chi connectivity index (χ3v) is 4.34. The van der Waals surface area contributed by atoms with Crippen LogP contribution in [0.5, 0.6) is 0 Å². The van der Waals surface area contributed by atoms with Crippen molar-refractivity contribution >= 4 is 12.1 Å². The molecule has 0 unspecified atom stereocenters. The van der Waals surface area contributed by atoms with Gasteiger partial charge in [0.05, 0.1) is 6.61 Å². The van der Waals surface area contributed by atoms with E-state index in [2.05, 4.69) is 12.2 Å². The highest BCUT2D eigenvalue weighted by molar-refractivity contribution is 5.69. The second-order valence-electron chi connectivity index (χ2n) is 6.80. The zero-order valence-electron chi connectivity index (χ0n) is 16.2. The molecule has 0 aliphatic heterocycles. The van der Waals surface area contributed by atoms with Crippen molar-refractivity contribution in [3.8, 4) is 0 Å². The predicted molar refractivity (Wildman–Crippen MR) is 102 cm³/mol. The summed E-state index contributed by atoms with van der Waals surface area (Å²) in [6.07, 6.45) is 15.8. The van der Waals surface area contributed by atoms with E-state index in [0.29, 0.717) is 19.6 Å².